The van der Waals surface area contributed by atoms with Crippen LogP contribution < -0.4 is 5.32 Å². The van der Waals surface area contributed by atoms with Crippen molar-refractivity contribution >= 4 is 17.7 Å². The maximum Gasteiger partial charge on any atom is 0.251 e. The molecule has 0 saturated carbocycles. The molecule has 158 valence electrons. The van der Waals surface area contributed by atoms with Crippen LogP contribution in [0.3, 0.4) is 0 Å². The van der Waals surface area contributed by atoms with Crippen molar-refractivity contribution in [3.63, 3.8) is 0 Å². The van der Waals surface area contributed by atoms with Gasteiger partial charge in [-0.15, -0.1) is 0 Å². The Hall–Kier alpha value is -2.44. The number of likely N-dealkylation sites (tertiary alicyclic amines) is 2. The monoisotopic (exact) mass is 403 g/mol. The number of carbonyl (C=O) groups excluding carboxylic acids is 3. The molecular weight excluding hydrogens is 373 g/mol. The summed E-state index contributed by atoms with van der Waals surface area (Å²) < 4.78 is 13.2. The Balaban J connectivity index is 1.71. The lowest BCUT2D eigenvalue weighted by molar-refractivity contribution is -0.137. The Morgan fingerprint density at radius 1 is 0.931 bits per heavy atom. The molecular formula is C22H30FN3O3. The molecule has 29 heavy (non-hydrogen) atoms. The smallest absolute Gasteiger partial charge is 0.251 e. The molecule has 0 aliphatic carbocycles. The number of nitrogens with zero attached hydrogens (tertiary/aromatic N) is 2. The van der Waals surface area contributed by atoms with E-state index in [2.05, 4.69) is 5.32 Å². The molecule has 2 aliphatic heterocycles. The summed E-state index contributed by atoms with van der Waals surface area (Å²) in [5.74, 6) is -0.778. The molecule has 6 nitrogen and oxygen atoms in total. The van der Waals surface area contributed by atoms with Crippen molar-refractivity contribution < 1.29 is 18.8 Å². The number of halogens is 1. The van der Waals surface area contributed by atoms with Gasteiger partial charge in [-0.05, 0) is 55.9 Å². The van der Waals surface area contributed by atoms with Crippen LogP contribution in [0.1, 0.15) is 49.9 Å². The van der Waals surface area contributed by atoms with E-state index in [0.717, 1.165) is 12.8 Å². The van der Waals surface area contributed by atoms with Crippen LogP contribution in [-0.2, 0) is 9.59 Å². The minimum Gasteiger partial charge on any atom is -0.342 e. The van der Waals surface area contributed by atoms with Gasteiger partial charge in [0, 0.05) is 37.7 Å². The molecule has 2 aliphatic rings. The topological polar surface area (TPSA) is 69.7 Å². The van der Waals surface area contributed by atoms with E-state index in [4.69, 9.17) is 0 Å². The van der Waals surface area contributed by atoms with Crippen molar-refractivity contribution in [3.8, 4) is 0 Å². The van der Waals surface area contributed by atoms with Gasteiger partial charge in [-0.1, -0.05) is 13.8 Å². The molecule has 1 aromatic rings. The summed E-state index contributed by atoms with van der Waals surface area (Å²) in [7, 11) is 0. The van der Waals surface area contributed by atoms with Crippen LogP contribution in [0.5, 0.6) is 0 Å². The van der Waals surface area contributed by atoms with Gasteiger partial charge in [0.2, 0.25) is 11.8 Å². The number of carbonyl (C=O) groups is 3. The molecule has 1 atom stereocenters. The van der Waals surface area contributed by atoms with E-state index in [1.807, 2.05) is 23.6 Å². The zero-order valence-electron chi connectivity index (χ0n) is 17.2. The molecule has 3 amide bonds. The quantitative estimate of drug-likeness (QED) is 0.821. The molecule has 2 fully saturated rings. The van der Waals surface area contributed by atoms with E-state index in [-0.39, 0.29) is 29.6 Å². The summed E-state index contributed by atoms with van der Waals surface area (Å²) in [6.07, 6.45) is 3.30. The largest absolute Gasteiger partial charge is 0.342 e. The van der Waals surface area contributed by atoms with E-state index in [9.17, 15) is 18.8 Å². The van der Waals surface area contributed by atoms with Crippen molar-refractivity contribution in [3.05, 3.63) is 35.6 Å². The van der Waals surface area contributed by atoms with Gasteiger partial charge in [0.25, 0.3) is 5.91 Å². The highest BCUT2D eigenvalue weighted by molar-refractivity contribution is 5.97. The van der Waals surface area contributed by atoms with Gasteiger partial charge in [0.15, 0.2) is 0 Å². The Morgan fingerprint density at radius 3 is 2.03 bits per heavy atom. The van der Waals surface area contributed by atoms with E-state index >= 15 is 0 Å². The average molecular weight is 403 g/mol. The Morgan fingerprint density at radius 2 is 1.48 bits per heavy atom. The third-order valence-corrected chi connectivity index (χ3v) is 5.89. The molecule has 7 heteroatoms. The third-order valence-electron chi connectivity index (χ3n) is 5.89. The molecule has 1 N–H and O–H groups in total. The van der Waals surface area contributed by atoms with Crippen LogP contribution in [-0.4, -0.2) is 59.7 Å². The maximum atomic E-state index is 13.2. The first kappa shape index (κ1) is 21.3. The second-order valence-corrected chi connectivity index (χ2v) is 8.31. The minimum absolute atomic E-state index is 0.0243. The predicted octanol–water partition coefficient (Wildman–Crippen LogP) is 2.44. The van der Waals surface area contributed by atoms with E-state index in [1.54, 1.807) is 0 Å². The molecule has 2 saturated heterocycles. The van der Waals surface area contributed by atoms with E-state index in [0.29, 0.717) is 44.6 Å². The minimum atomic E-state index is -0.623. The summed E-state index contributed by atoms with van der Waals surface area (Å²) in [4.78, 5) is 41.8. The highest BCUT2D eigenvalue weighted by Gasteiger charge is 2.37. The summed E-state index contributed by atoms with van der Waals surface area (Å²) >= 11 is 0. The first-order chi connectivity index (χ1) is 13.9. The fraction of sp³-hybridized carbons (Fsp3) is 0.591. The number of benzene rings is 1. The number of piperidine rings is 1. The van der Waals surface area contributed by atoms with E-state index in [1.165, 1.54) is 24.3 Å². The number of hydrogen-bond acceptors (Lipinski definition) is 3. The summed E-state index contributed by atoms with van der Waals surface area (Å²) in [6.45, 7) is 6.39. The highest BCUT2D eigenvalue weighted by Crippen LogP contribution is 2.25. The molecule has 1 aromatic carbocycles. The molecule has 0 radical (unpaired) electrons. The van der Waals surface area contributed by atoms with Gasteiger partial charge in [-0.2, -0.15) is 0 Å². The molecule has 2 heterocycles. The van der Waals surface area contributed by atoms with Crippen molar-refractivity contribution in [2.24, 2.45) is 11.8 Å². The van der Waals surface area contributed by atoms with Crippen LogP contribution in [0.25, 0.3) is 0 Å². The SMILES string of the molecule is CC(C)C(=O)N1CCC(C(NC(=O)c2ccc(F)cc2)C(=O)N2CCCC2)CC1. The van der Waals surface area contributed by atoms with Gasteiger partial charge < -0.3 is 15.1 Å². The Kier molecular flexibility index (Phi) is 6.87. The summed E-state index contributed by atoms with van der Waals surface area (Å²) in [5.41, 5.74) is 0.332. The second-order valence-electron chi connectivity index (χ2n) is 8.31. The predicted molar refractivity (Wildman–Crippen MR) is 108 cm³/mol. The van der Waals surface area contributed by atoms with E-state index < -0.39 is 11.9 Å². The van der Waals surface area contributed by atoms with Crippen LogP contribution >= 0.6 is 0 Å². The van der Waals surface area contributed by atoms with Crippen molar-refractivity contribution in [1.82, 2.24) is 15.1 Å². The molecule has 3 rings (SSSR count). The summed E-state index contributed by atoms with van der Waals surface area (Å²) in [5, 5.41) is 2.91. The zero-order chi connectivity index (χ0) is 21.0. The Labute approximate surface area is 171 Å². The number of rotatable bonds is 5. The lowest BCUT2D eigenvalue weighted by Crippen LogP contribution is -2.54. The second kappa shape index (κ2) is 9.37. The number of amides is 3. The Bertz CT molecular complexity index is 736. The zero-order valence-corrected chi connectivity index (χ0v) is 17.2. The molecule has 0 spiro atoms. The fourth-order valence-corrected chi connectivity index (χ4v) is 4.16. The molecule has 1 unspecified atom stereocenters. The van der Waals surface area contributed by atoms with Crippen LogP contribution in [0.15, 0.2) is 24.3 Å². The maximum absolute atomic E-state index is 13.2. The third kappa shape index (κ3) is 5.14. The molecule has 0 aromatic heterocycles. The van der Waals surface area contributed by atoms with Crippen LogP contribution in [0.2, 0.25) is 0 Å². The first-order valence-corrected chi connectivity index (χ1v) is 10.5. The van der Waals surface area contributed by atoms with Crippen LogP contribution in [0, 0.1) is 17.7 Å². The lowest BCUT2D eigenvalue weighted by atomic mass is 9.87. The average Bonchev–Trinajstić information content (AvgIpc) is 3.26. The first-order valence-electron chi connectivity index (χ1n) is 10.5. The highest BCUT2D eigenvalue weighted by atomic mass is 19.1. The summed E-state index contributed by atoms with van der Waals surface area (Å²) in [6, 6.07) is 4.70. The van der Waals surface area contributed by atoms with Crippen molar-refractivity contribution in [2.75, 3.05) is 26.2 Å². The van der Waals surface area contributed by atoms with Crippen molar-refractivity contribution in [1.29, 1.82) is 0 Å². The van der Waals surface area contributed by atoms with Gasteiger partial charge in [0.05, 0.1) is 0 Å². The van der Waals surface area contributed by atoms with Gasteiger partial charge in [-0.25, -0.2) is 4.39 Å². The fourth-order valence-electron chi connectivity index (χ4n) is 4.16. The van der Waals surface area contributed by atoms with Gasteiger partial charge >= 0.3 is 0 Å². The number of hydrogen-bond donors (Lipinski definition) is 1. The van der Waals surface area contributed by atoms with Gasteiger partial charge in [0.1, 0.15) is 11.9 Å². The van der Waals surface area contributed by atoms with Gasteiger partial charge in [-0.3, -0.25) is 14.4 Å². The normalized spacial score (nSPS) is 18.8. The van der Waals surface area contributed by atoms with Crippen LogP contribution in [0.4, 0.5) is 4.39 Å². The number of nitrogens with one attached hydrogen (secondary N) is 1. The standard InChI is InChI=1S/C22H30FN3O3/c1-15(2)21(28)26-13-9-16(10-14-26)19(22(29)25-11-3-4-12-25)24-20(27)17-5-7-18(23)8-6-17/h5-8,15-16,19H,3-4,9-14H2,1-2H3,(H,24,27). The lowest BCUT2D eigenvalue weighted by Gasteiger charge is -2.37. The van der Waals surface area contributed by atoms with Crippen molar-refractivity contribution in [2.45, 2.75) is 45.6 Å². The molecule has 0 bridgehead atoms.